The highest BCUT2D eigenvalue weighted by atomic mass is 19.1. The highest BCUT2D eigenvalue weighted by molar-refractivity contribution is 5.93. The molecule has 0 bridgehead atoms. The minimum absolute atomic E-state index is 0.118. The molecule has 8 heteroatoms. The number of aromatic amines is 1. The van der Waals surface area contributed by atoms with Crippen molar-refractivity contribution < 1.29 is 13.9 Å². The summed E-state index contributed by atoms with van der Waals surface area (Å²) in [6.45, 7) is 0.867. The van der Waals surface area contributed by atoms with Crippen molar-refractivity contribution in [2.24, 2.45) is 0 Å². The molecule has 1 amide bonds. The average molecular weight is 347 g/mol. The van der Waals surface area contributed by atoms with Gasteiger partial charge in [-0.25, -0.2) is 9.18 Å². The molecule has 1 atom stereocenters. The highest BCUT2D eigenvalue weighted by Crippen LogP contribution is 2.12. The quantitative estimate of drug-likeness (QED) is 0.836. The number of hydrogen-bond acceptors (Lipinski definition) is 4. The Labute approximate surface area is 142 Å². The summed E-state index contributed by atoms with van der Waals surface area (Å²) < 4.78 is 19.3. The molecule has 1 aromatic carbocycles. The molecule has 132 valence electrons. The lowest BCUT2D eigenvalue weighted by atomic mass is 10.2. The second kappa shape index (κ2) is 7.43. The molecule has 3 rings (SSSR count). The molecule has 1 saturated heterocycles. The van der Waals surface area contributed by atoms with Crippen LogP contribution in [-0.2, 0) is 17.8 Å². The third kappa shape index (κ3) is 4.03. The van der Waals surface area contributed by atoms with Gasteiger partial charge in [-0.1, -0.05) is 12.1 Å². The van der Waals surface area contributed by atoms with E-state index in [9.17, 15) is 18.8 Å². The highest BCUT2D eigenvalue weighted by Gasteiger charge is 2.20. The standard InChI is InChI=1S/C17H18FN3O4/c18-12-5-3-11(4-6-12)8-19-15(22)14-9-20-17(24)21(16(14)23)10-13-2-1-7-25-13/h3-6,9,13H,1-2,7-8,10H2,(H,19,22)(H,20,24). The van der Waals surface area contributed by atoms with Crippen LogP contribution in [0.4, 0.5) is 4.39 Å². The van der Waals surface area contributed by atoms with E-state index in [1.54, 1.807) is 0 Å². The molecule has 1 unspecified atom stereocenters. The molecule has 0 aliphatic carbocycles. The van der Waals surface area contributed by atoms with Gasteiger partial charge >= 0.3 is 5.69 Å². The molecule has 0 spiro atoms. The zero-order chi connectivity index (χ0) is 17.8. The van der Waals surface area contributed by atoms with E-state index in [1.165, 1.54) is 24.3 Å². The van der Waals surface area contributed by atoms with E-state index < -0.39 is 17.2 Å². The summed E-state index contributed by atoms with van der Waals surface area (Å²) in [4.78, 5) is 39.0. The van der Waals surface area contributed by atoms with Gasteiger partial charge in [-0.05, 0) is 30.5 Å². The van der Waals surface area contributed by atoms with Crippen molar-refractivity contribution in [3.8, 4) is 0 Å². The molecular weight excluding hydrogens is 329 g/mol. The Hall–Kier alpha value is -2.74. The second-order valence-electron chi connectivity index (χ2n) is 5.87. The number of nitrogens with one attached hydrogen (secondary N) is 2. The molecule has 2 N–H and O–H groups in total. The minimum atomic E-state index is -0.657. The first-order valence-corrected chi connectivity index (χ1v) is 8.01. The number of amides is 1. The first-order chi connectivity index (χ1) is 12.0. The predicted molar refractivity (Wildman–Crippen MR) is 87.9 cm³/mol. The molecule has 0 saturated carbocycles. The largest absolute Gasteiger partial charge is 0.376 e. The van der Waals surface area contributed by atoms with Crippen LogP contribution in [0.15, 0.2) is 40.1 Å². The number of carbonyl (C=O) groups excluding carboxylic acids is 1. The van der Waals surface area contributed by atoms with Crippen molar-refractivity contribution in [1.29, 1.82) is 0 Å². The fourth-order valence-electron chi connectivity index (χ4n) is 2.71. The number of rotatable bonds is 5. The Balaban J connectivity index is 1.74. The molecule has 1 fully saturated rings. The molecular formula is C17H18FN3O4. The first-order valence-electron chi connectivity index (χ1n) is 8.01. The van der Waals surface area contributed by atoms with Crippen molar-refractivity contribution in [1.82, 2.24) is 14.9 Å². The number of ether oxygens (including phenoxy) is 1. The van der Waals surface area contributed by atoms with E-state index in [-0.39, 0.29) is 30.6 Å². The number of nitrogens with zero attached hydrogens (tertiary/aromatic N) is 1. The van der Waals surface area contributed by atoms with Crippen LogP contribution < -0.4 is 16.6 Å². The van der Waals surface area contributed by atoms with Crippen LogP contribution in [0.5, 0.6) is 0 Å². The van der Waals surface area contributed by atoms with E-state index in [0.717, 1.165) is 23.6 Å². The topological polar surface area (TPSA) is 93.2 Å². The maximum Gasteiger partial charge on any atom is 0.328 e. The Morgan fingerprint density at radius 2 is 2.08 bits per heavy atom. The van der Waals surface area contributed by atoms with Crippen molar-refractivity contribution in [2.45, 2.75) is 32.0 Å². The first kappa shape index (κ1) is 17.1. The molecule has 25 heavy (non-hydrogen) atoms. The number of hydrogen-bond donors (Lipinski definition) is 2. The van der Waals surface area contributed by atoms with Crippen LogP contribution in [0.25, 0.3) is 0 Å². The normalized spacial score (nSPS) is 16.8. The molecule has 7 nitrogen and oxygen atoms in total. The molecule has 1 aliphatic rings. The number of benzene rings is 1. The van der Waals surface area contributed by atoms with Crippen LogP contribution >= 0.6 is 0 Å². The van der Waals surface area contributed by atoms with E-state index in [2.05, 4.69) is 10.3 Å². The molecule has 1 aliphatic heterocycles. The van der Waals surface area contributed by atoms with Gasteiger partial charge < -0.3 is 15.0 Å². The summed E-state index contributed by atoms with van der Waals surface area (Å²) in [6, 6.07) is 5.66. The lowest BCUT2D eigenvalue weighted by molar-refractivity contribution is 0.0921. The number of aromatic nitrogens is 2. The average Bonchev–Trinajstić information content (AvgIpc) is 3.11. The van der Waals surface area contributed by atoms with E-state index in [0.29, 0.717) is 12.2 Å². The lowest BCUT2D eigenvalue weighted by Gasteiger charge is -2.12. The fourth-order valence-corrected chi connectivity index (χ4v) is 2.71. The Morgan fingerprint density at radius 3 is 2.76 bits per heavy atom. The van der Waals surface area contributed by atoms with Crippen LogP contribution in [-0.4, -0.2) is 28.2 Å². The van der Waals surface area contributed by atoms with Gasteiger partial charge in [-0.3, -0.25) is 14.2 Å². The molecule has 1 aromatic heterocycles. The SMILES string of the molecule is O=C(NCc1ccc(F)cc1)c1c[nH]c(=O)n(CC2CCCO2)c1=O. The Kier molecular flexibility index (Phi) is 5.08. The zero-order valence-electron chi connectivity index (χ0n) is 13.5. The zero-order valence-corrected chi connectivity index (χ0v) is 13.5. The van der Waals surface area contributed by atoms with E-state index >= 15 is 0 Å². The molecule has 2 heterocycles. The lowest BCUT2D eigenvalue weighted by Crippen LogP contribution is -2.42. The number of carbonyl (C=O) groups is 1. The second-order valence-corrected chi connectivity index (χ2v) is 5.87. The summed E-state index contributed by atoms with van der Waals surface area (Å²) in [5.74, 6) is -0.973. The van der Waals surface area contributed by atoms with Crippen molar-refractivity contribution in [2.75, 3.05) is 6.61 Å². The summed E-state index contributed by atoms with van der Waals surface area (Å²) in [5.41, 5.74) is -0.690. The van der Waals surface area contributed by atoms with Gasteiger partial charge in [0.15, 0.2) is 0 Å². The third-order valence-electron chi connectivity index (χ3n) is 4.08. The molecule has 2 aromatic rings. The summed E-state index contributed by atoms with van der Waals surface area (Å²) in [7, 11) is 0. The van der Waals surface area contributed by atoms with Gasteiger partial charge in [0.1, 0.15) is 11.4 Å². The van der Waals surface area contributed by atoms with E-state index in [1.807, 2.05) is 0 Å². The van der Waals surface area contributed by atoms with Crippen molar-refractivity contribution in [3.63, 3.8) is 0 Å². The van der Waals surface area contributed by atoms with Gasteiger partial charge in [0.05, 0.1) is 12.6 Å². The van der Waals surface area contributed by atoms with Crippen LogP contribution in [0.1, 0.15) is 28.8 Å². The minimum Gasteiger partial charge on any atom is -0.376 e. The van der Waals surface area contributed by atoms with Crippen molar-refractivity contribution >= 4 is 5.91 Å². The summed E-state index contributed by atoms with van der Waals surface area (Å²) in [5, 5.41) is 2.59. The molecule has 0 radical (unpaired) electrons. The number of H-pyrrole nitrogens is 1. The van der Waals surface area contributed by atoms with Gasteiger partial charge in [0, 0.05) is 19.3 Å². The van der Waals surface area contributed by atoms with Gasteiger partial charge in [0.25, 0.3) is 11.5 Å². The van der Waals surface area contributed by atoms with Crippen LogP contribution in [0.3, 0.4) is 0 Å². The smallest absolute Gasteiger partial charge is 0.328 e. The van der Waals surface area contributed by atoms with Gasteiger partial charge in [0.2, 0.25) is 0 Å². The third-order valence-corrected chi connectivity index (χ3v) is 4.08. The van der Waals surface area contributed by atoms with Crippen LogP contribution in [0.2, 0.25) is 0 Å². The van der Waals surface area contributed by atoms with Gasteiger partial charge in [-0.15, -0.1) is 0 Å². The maximum absolute atomic E-state index is 12.9. The number of halogens is 1. The maximum atomic E-state index is 12.9. The van der Waals surface area contributed by atoms with Crippen molar-refractivity contribution in [3.05, 3.63) is 68.2 Å². The fraction of sp³-hybridized carbons (Fsp3) is 0.353. The summed E-state index contributed by atoms with van der Waals surface area (Å²) >= 11 is 0. The predicted octanol–water partition coefficient (Wildman–Crippen LogP) is 0.785. The van der Waals surface area contributed by atoms with E-state index in [4.69, 9.17) is 4.74 Å². The monoisotopic (exact) mass is 347 g/mol. The Morgan fingerprint density at radius 1 is 1.32 bits per heavy atom. The van der Waals surface area contributed by atoms with Gasteiger partial charge in [-0.2, -0.15) is 0 Å². The summed E-state index contributed by atoms with van der Waals surface area (Å²) in [6.07, 6.45) is 2.56. The van der Waals surface area contributed by atoms with Crippen LogP contribution in [0, 0.1) is 5.82 Å². The Bertz CT molecular complexity index is 867.